The summed E-state index contributed by atoms with van der Waals surface area (Å²) in [6, 6.07) is 0. The van der Waals surface area contributed by atoms with Gasteiger partial charge in [0.15, 0.2) is 0 Å². The summed E-state index contributed by atoms with van der Waals surface area (Å²) in [5, 5.41) is 6.04. The molecule has 2 heterocycles. The van der Waals surface area contributed by atoms with E-state index in [4.69, 9.17) is 4.74 Å². The predicted octanol–water partition coefficient (Wildman–Crippen LogP) is 1.66. The summed E-state index contributed by atoms with van der Waals surface area (Å²) in [4.78, 5) is 16.2. The number of carbonyl (C=O) groups is 1. The standard InChI is InChI=1S/C11H16N2O2S2/c1-16-7-10-13-9(6-17-10)4-12-11(14)8-2-3-15-5-8/h6,8H,2-5,7H2,1H3,(H,12,14)/t8-/m0/s1. The van der Waals surface area contributed by atoms with E-state index in [1.54, 1.807) is 23.1 Å². The highest BCUT2D eigenvalue weighted by atomic mass is 32.2. The van der Waals surface area contributed by atoms with Crippen LogP contribution in [0.2, 0.25) is 0 Å². The normalized spacial score (nSPS) is 19.5. The van der Waals surface area contributed by atoms with Crippen molar-refractivity contribution in [2.45, 2.75) is 18.7 Å². The minimum Gasteiger partial charge on any atom is -0.381 e. The quantitative estimate of drug-likeness (QED) is 0.885. The molecule has 1 aromatic rings. The van der Waals surface area contributed by atoms with Crippen LogP contribution >= 0.6 is 23.1 Å². The first-order chi connectivity index (χ1) is 8.29. The summed E-state index contributed by atoms with van der Waals surface area (Å²) in [6.45, 7) is 1.79. The lowest BCUT2D eigenvalue weighted by Crippen LogP contribution is -2.30. The number of amides is 1. The highest BCUT2D eigenvalue weighted by Gasteiger charge is 2.23. The van der Waals surface area contributed by atoms with Crippen molar-refractivity contribution >= 4 is 29.0 Å². The molecule has 6 heteroatoms. The second kappa shape index (κ2) is 6.37. The Bertz CT molecular complexity index is 375. The monoisotopic (exact) mass is 272 g/mol. The smallest absolute Gasteiger partial charge is 0.225 e. The van der Waals surface area contributed by atoms with Crippen LogP contribution in [-0.2, 0) is 21.8 Å². The number of thiazole rings is 1. The fraction of sp³-hybridized carbons (Fsp3) is 0.636. The average Bonchev–Trinajstić information content (AvgIpc) is 2.97. The maximum Gasteiger partial charge on any atom is 0.225 e. The van der Waals surface area contributed by atoms with Crippen molar-refractivity contribution in [2.24, 2.45) is 5.92 Å². The number of hydrogen-bond donors (Lipinski definition) is 1. The van der Waals surface area contributed by atoms with Crippen molar-refractivity contribution in [2.75, 3.05) is 19.5 Å². The number of rotatable bonds is 5. The molecule has 1 fully saturated rings. The summed E-state index contributed by atoms with van der Waals surface area (Å²) in [5.41, 5.74) is 0.950. The van der Waals surface area contributed by atoms with Crippen molar-refractivity contribution in [3.63, 3.8) is 0 Å². The first kappa shape index (κ1) is 12.9. The van der Waals surface area contributed by atoms with Crippen LogP contribution in [0.1, 0.15) is 17.1 Å². The molecule has 1 N–H and O–H groups in total. The van der Waals surface area contributed by atoms with Gasteiger partial charge in [0.1, 0.15) is 5.01 Å². The molecule has 0 bridgehead atoms. The van der Waals surface area contributed by atoms with Crippen LogP contribution in [0.3, 0.4) is 0 Å². The number of thioether (sulfide) groups is 1. The van der Waals surface area contributed by atoms with E-state index in [1.807, 2.05) is 5.38 Å². The van der Waals surface area contributed by atoms with E-state index >= 15 is 0 Å². The van der Waals surface area contributed by atoms with Crippen LogP contribution < -0.4 is 5.32 Å². The molecule has 1 aliphatic heterocycles. The van der Waals surface area contributed by atoms with Gasteiger partial charge in [-0.25, -0.2) is 4.98 Å². The molecule has 1 atom stereocenters. The predicted molar refractivity (Wildman–Crippen MR) is 70.1 cm³/mol. The van der Waals surface area contributed by atoms with E-state index in [2.05, 4.69) is 16.6 Å². The number of nitrogens with zero attached hydrogens (tertiary/aromatic N) is 1. The van der Waals surface area contributed by atoms with Crippen LogP contribution in [0.15, 0.2) is 5.38 Å². The summed E-state index contributed by atoms with van der Waals surface area (Å²) in [7, 11) is 0. The van der Waals surface area contributed by atoms with E-state index in [1.165, 1.54) is 0 Å². The summed E-state index contributed by atoms with van der Waals surface area (Å²) < 4.78 is 5.19. The van der Waals surface area contributed by atoms with Gasteiger partial charge in [0, 0.05) is 17.7 Å². The molecule has 94 valence electrons. The molecule has 0 aliphatic carbocycles. The Morgan fingerprint density at radius 3 is 3.35 bits per heavy atom. The zero-order valence-corrected chi connectivity index (χ0v) is 11.4. The average molecular weight is 272 g/mol. The maximum atomic E-state index is 11.7. The highest BCUT2D eigenvalue weighted by molar-refractivity contribution is 7.97. The number of aromatic nitrogens is 1. The largest absolute Gasteiger partial charge is 0.381 e. The van der Waals surface area contributed by atoms with Gasteiger partial charge in [0.2, 0.25) is 5.91 Å². The number of hydrogen-bond acceptors (Lipinski definition) is 5. The minimum absolute atomic E-state index is 0.0271. The maximum absolute atomic E-state index is 11.7. The lowest BCUT2D eigenvalue weighted by Gasteiger charge is -2.07. The zero-order chi connectivity index (χ0) is 12.1. The van der Waals surface area contributed by atoms with Crippen molar-refractivity contribution in [1.29, 1.82) is 0 Å². The molecule has 1 aromatic heterocycles. The van der Waals surface area contributed by atoms with Gasteiger partial charge in [-0.15, -0.1) is 11.3 Å². The van der Waals surface area contributed by atoms with Gasteiger partial charge < -0.3 is 10.1 Å². The number of ether oxygens (including phenoxy) is 1. The molecular formula is C11H16N2O2S2. The Labute approximate surface area is 109 Å². The van der Waals surface area contributed by atoms with Crippen LogP contribution in [-0.4, -0.2) is 30.4 Å². The van der Waals surface area contributed by atoms with E-state index in [-0.39, 0.29) is 11.8 Å². The Morgan fingerprint density at radius 2 is 2.65 bits per heavy atom. The van der Waals surface area contributed by atoms with E-state index in [0.717, 1.165) is 22.9 Å². The molecule has 0 spiro atoms. The summed E-state index contributed by atoms with van der Waals surface area (Å²) in [6.07, 6.45) is 2.89. The van der Waals surface area contributed by atoms with Gasteiger partial charge in [0.25, 0.3) is 0 Å². The van der Waals surface area contributed by atoms with E-state index < -0.39 is 0 Å². The number of nitrogens with one attached hydrogen (secondary N) is 1. The summed E-state index contributed by atoms with van der Waals surface area (Å²) >= 11 is 3.41. The van der Waals surface area contributed by atoms with Gasteiger partial charge in [-0.2, -0.15) is 11.8 Å². The highest BCUT2D eigenvalue weighted by Crippen LogP contribution is 2.16. The van der Waals surface area contributed by atoms with Crippen LogP contribution in [0.5, 0.6) is 0 Å². The van der Waals surface area contributed by atoms with E-state index in [9.17, 15) is 4.79 Å². The van der Waals surface area contributed by atoms with Gasteiger partial charge in [-0.05, 0) is 12.7 Å². The molecule has 4 nitrogen and oxygen atoms in total. The van der Waals surface area contributed by atoms with Gasteiger partial charge in [-0.3, -0.25) is 4.79 Å². The van der Waals surface area contributed by atoms with Gasteiger partial charge >= 0.3 is 0 Å². The Morgan fingerprint density at radius 1 is 1.76 bits per heavy atom. The van der Waals surface area contributed by atoms with Gasteiger partial charge in [0.05, 0.1) is 24.8 Å². The molecule has 0 unspecified atom stereocenters. The Balaban J connectivity index is 1.78. The molecule has 0 radical (unpaired) electrons. The van der Waals surface area contributed by atoms with E-state index in [0.29, 0.717) is 19.8 Å². The second-order valence-corrected chi connectivity index (χ2v) is 5.75. The molecule has 0 aromatic carbocycles. The topological polar surface area (TPSA) is 51.2 Å². The van der Waals surface area contributed by atoms with Crippen molar-refractivity contribution in [1.82, 2.24) is 10.3 Å². The molecule has 1 saturated heterocycles. The van der Waals surface area contributed by atoms with Crippen molar-refractivity contribution < 1.29 is 9.53 Å². The minimum atomic E-state index is 0.0271. The molecule has 0 saturated carbocycles. The van der Waals surface area contributed by atoms with Crippen LogP contribution in [0.25, 0.3) is 0 Å². The molecular weight excluding hydrogens is 256 g/mol. The molecule has 1 amide bonds. The summed E-state index contributed by atoms with van der Waals surface area (Å²) in [5.74, 6) is 1.05. The molecule has 17 heavy (non-hydrogen) atoms. The third-order valence-electron chi connectivity index (χ3n) is 2.61. The number of carbonyl (C=O) groups excluding carboxylic acids is 1. The lowest BCUT2D eigenvalue weighted by atomic mass is 10.1. The lowest BCUT2D eigenvalue weighted by molar-refractivity contribution is -0.125. The Hall–Kier alpha value is -0.590. The van der Waals surface area contributed by atoms with Crippen LogP contribution in [0, 0.1) is 5.92 Å². The SMILES string of the molecule is CSCc1nc(CNC(=O)[C@H]2CCOC2)cs1. The third-order valence-corrected chi connectivity index (χ3v) is 4.25. The first-order valence-corrected chi connectivity index (χ1v) is 7.84. The first-order valence-electron chi connectivity index (χ1n) is 5.57. The Kier molecular flexibility index (Phi) is 4.82. The molecule has 1 aliphatic rings. The third kappa shape index (κ3) is 3.69. The molecule has 2 rings (SSSR count). The fourth-order valence-corrected chi connectivity index (χ4v) is 3.20. The van der Waals surface area contributed by atoms with Gasteiger partial charge in [-0.1, -0.05) is 0 Å². The van der Waals surface area contributed by atoms with Crippen molar-refractivity contribution in [3.8, 4) is 0 Å². The fourth-order valence-electron chi connectivity index (χ4n) is 1.68. The zero-order valence-electron chi connectivity index (χ0n) is 9.77. The van der Waals surface area contributed by atoms with Crippen LogP contribution in [0.4, 0.5) is 0 Å². The van der Waals surface area contributed by atoms with Crippen molar-refractivity contribution in [3.05, 3.63) is 16.1 Å². The second-order valence-electron chi connectivity index (χ2n) is 3.94.